The topological polar surface area (TPSA) is 83.4 Å². The summed E-state index contributed by atoms with van der Waals surface area (Å²) in [5.41, 5.74) is 1.57. The number of hydrogen-bond acceptors (Lipinski definition) is 3. The maximum absolute atomic E-state index is 11.9. The average molecular weight is 300 g/mol. The van der Waals surface area contributed by atoms with Gasteiger partial charge in [0.1, 0.15) is 6.54 Å². The molecule has 1 aromatic carbocycles. The van der Waals surface area contributed by atoms with E-state index in [1.54, 1.807) is 7.05 Å². The number of aromatic nitrogens is 1. The van der Waals surface area contributed by atoms with E-state index >= 15 is 0 Å². The number of carbonyl (C=O) groups is 3. The number of nitrogens with one attached hydrogen (secondary N) is 2. The fraction of sp³-hybridized carbons (Fsp3) is 0.267. The molecule has 1 saturated heterocycles. The Kier molecular flexibility index (Phi) is 3.54. The predicted molar refractivity (Wildman–Crippen MR) is 81.5 cm³/mol. The number of amides is 4. The van der Waals surface area contributed by atoms with Crippen molar-refractivity contribution in [1.29, 1.82) is 0 Å². The second-order valence-corrected chi connectivity index (χ2v) is 5.11. The van der Waals surface area contributed by atoms with Crippen LogP contribution in [-0.2, 0) is 16.1 Å². The standard InChI is InChI=1S/C15H16N4O3/c1-16-14(21)9-18-6-4-10-2-3-11(8-12(10)18)19-7-5-13(20)17-15(19)22/h2-4,6,8H,5,7,9H2,1H3,(H,16,21)(H,17,20,22). The van der Waals surface area contributed by atoms with Gasteiger partial charge in [0.05, 0.1) is 5.52 Å². The summed E-state index contributed by atoms with van der Waals surface area (Å²) in [6.45, 7) is 0.570. The number of benzene rings is 1. The minimum atomic E-state index is -0.417. The van der Waals surface area contributed by atoms with Gasteiger partial charge in [-0.2, -0.15) is 0 Å². The van der Waals surface area contributed by atoms with Crippen molar-refractivity contribution >= 4 is 34.4 Å². The third-order valence-corrected chi connectivity index (χ3v) is 3.72. The molecule has 0 aliphatic carbocycles. The fourth-order valence-electron chi connectivity index (χ4n) is 2.52. The number of hydrogen-bond donors (Lipinski definition) is 2. The van der Waals surface area contributed by atoms with Gasteiger partial charge in [-0.15, -0.1) is 0 Å². The van der Waals surface area contributed by atoms with E-state index in [4.69, 9.17) is 0 Å². The Morgan fingerprint density at radius 2 is 2.14 bits per heavy atom. The third-order valence-electron chi connectivity index (χ3n) is 3.72. The summed E-state index contributed by atoms with van der Waals surface area (Å²) in [7, 11) is 1.59. The fourth-order valence-corrected chi connectivity index (χ4v) is 2.52. The number of rotatable bonds is 3. The summed E-state index contributed by atoms with van der Waals surface area (Å²) in [5, 5.41) is 5.88. The number of imide groups is 1. The van der Waals surface area contributed by atoms with Gasteiger partial charge in [0, 0.05) is 31.9 Å². The molecule has 1 aliphatic rings. The van der Waals surface area contributed by atoms with E-state index in [0.29, 0.717) is 12.2 Å². The lowest BCUT2D eigenvalue weighted by atomic mass is 10.2. The van der Waals surface area contributed by atoms with Gasteiger partial charge in [0.2, 0.25) is 11.8 Å². The van der Waals surface area contributed by atoms with Crippen molar-refractivity contribution in [2.75, 3.05) is 18.5 Å². The van der Waals surface area contributed by atoms with Crippen LogP contribution in [0.3, 0.4) is 0 Å². The molecular weight excluding hydrogens is 284 g/mol. The van der Waals surface area contributed by atoms with Gasteiger partial charge in [0.25, 0.3) is 0 Å². The van der Waals surface area contributed by atoms with E-state index < -0.39 is 6.03 Å². The minimum Gasteiger partial charge on any atom is -0.358 e. The quantitative estimate of drug-likeness (QED) is 0.881. The third kappa shape index (κ3) is 2.52. The zero-order chi connectivity index (χ0) is 15.7. The van der Waals surface area contributed by atoms with Crippen LogP contribution >= 0.6 is 0 Å². The molecule has 2 aromatic rings. The summed E-state index contributed by atoms with van der Waals surface area (Å²) in [4.78, 5) is 36.2. The molecule has 1 fully saturated rings. The lowest BCUT2D eigenvalue weighted by Crippen LogP contribution is -2.49. The van der Waals surface area contributed by atoms with Crippen molar-refractivity contribution in [2.24, 2.45) is 0 Å². The van der Waals surface area contributed by atoms with Gasteiger partial charge in [0.15, 0.2) is 0 Å². The largest absolute Gasteiger partial charge is 0.358 e. The van der Waals surface area contributed by atoms with Gasteiger partial charge in [-0.3, -0.25) is 19.8 Å². The molecular formula is C15H16N4O3. The molecule has 0 spiro atoms. The number of anilines is 1. The van der Waals surface area contributed by atoms with Crippen LogP contribution in [0.5, 0.6) is 0 Å². The first-order valence-corrected chi connectivity index (χ1v) is 6.99. The molecule has 1 aliphatic heterocycles. The van der Waals surface area contributed by atoms with Gasteiger partial charge < -0.3 is 9.88 Å². The van der Waals surface area contributed by atoms with E-state index in [1.165, 1.54) is 4.90 Å². The zero-order valence-electron chi connectivity index (χ0n) is 12.1. The monoisotopic (exact) mass is 300 g/mol. The minimum absolute atomic E-state index is 0.0933. The molecule has 0 unspecified atom stereocenters. The molecule has 2 heterocycles. The summed E-state index contributed by atoms with van der Waals surface area (Å²) in [6.07, 6.45) is 2.12. The van der Waals surface area contributed by atoms with E-state index in [9.17, 15) is 14.4 Å². The Morgan fingerprint density at radius 1 is 1.32 bits per heavy atom. The Morgan fingerprint density at radius 3 is 2.86 bits per heavy atom. The molecule has 0 saturated carbocycles. The maximum Gasteiger partial charge on any atom is 0.328 e. The normalized spacial score (nSPS) is 15.0. The molecule has 7 heteroatoms. The van der Waals surface area contributed by atoms with Crippen molar-refractivity contribution in [3.8, 4) is 0 Å². The number of likely N-dealkylation sites (N-methyl/N-ethyl adjacent to an activating group) is 1. The highest BCUT2D eigenvalue weighted by Gasteiger charge is 2.24. The average Bonchev–Trinajstić information content (AvgIpc) is 2.89. The zero-order valence-corrected chi connectivity index (χ0v) is 12.1. The van der Waals surface area contributed by atoms with Crippen molar-refractivity contribution in [2.45, 2.75) is 13.0 Å². The molecule has 0 atom stereocenters. The molecule has 1 aromatic heterocycles. The van der Waals surface area contributed by atoms with Crippen LogP contribution in [0.25, 0.3) is 10.9 Å². The molecule has 3 rings (SSSR count). The van der Waals surface area contributed by atoms with Crippen molar-refractivity contribution < 1.29 is 14.4 Å². The highest BCUT2D eigenvalue weighted by molar-refractivity contribution is 6.06. The summed E-state index contributed by atoms with van der Waals surface area (Å²) < 4.78 is 1.82. The molecule has 0 bridgehead atoms. The predicted octanol–water partition coefficient (Wildman–Crippen LogP) is 0.834. The Labute approximate surface area is 126 Å². The molecule has 114 valence electrons. The number of fused-ring (bicyclic) bond motifs is 1. The summed E-state index contributed by atoms with van der Waals surface area (Å²) >= 11 is 0. The van der Waals surface area contributed by atoms with E-state index in [-0.39, 0.29) is 24.8 Å². The second-order valence-electron chi connectivity index (χ2n) is 5.11. The van der Waals surface area contributed by atoms with E-state index in [2.05, 4.69) is 10.6 Å². The molecule has 7 nitrogen and oxygen atoms in total. The van der Waals surface area contributed by atoms with Crippen LogP contribution in [-0.4, -0.2) is 36.0 Å². The Balaban J connectivity index is 1.94. The van der Waals surface area contributed by atoms with Crippen LogP contribution < -0.4 is 15.5 Å². The first-order chi connectivity index (χ1) is 10.6. The highest BCUT2D eigenvalue weighted by Crippen LogP contribution is 2.24. The van der Waals surface area contributed by atoms with Gasteiger partial charge >= 0.3 is 6.03 Å². The second kappa shape index (κ2) is 5.51. The van der Waals surface area contributed by atoms with Gasteiger partial charge in [-0.1, -0.05) is 6.07 Å². The van der Waals surface area contributed by atoms with Crippen molar-refractivity contribution in [3.05, 3.63) is 30.5 Å². The van der Waals surface area contributed by atoms with Gasteiger partial charge in [-0.05, 0) is 23.6 Å². The maximum atomic E-state index is 11.9. The lowest BCUT2D eigenvalue weighted by molar-refractivity contribution is -0.121. The van der Waals surface area contributed by atoms with Crippen LogP contribution in [0, 0.1) is 0 Å². The van der Waals surface area contributed by atoms with Crippen LogP contribution in [0.4, 0.5) is 10.5 Å². The molecule has 22 heavy (non-hydrogen) atoms. The Hall–Kier alpha value is -2.83. The lowest BCUT2D eigenvalue weighted by Gasteiger charge is -2.26. The number of nitrogens with zero attached hydrogens (tertiary/aromatic N) is 2. The summed E-state index contributed by atoms with van der Waals surface area (Å²) in [5.74, 6) is -0.352. The smallest absolute Gasteiger partial charge is 0.328 e. The van der Waals surface area contributed by atoms with Crippen molar-refractivity contribution in [3.63, 3.8) is 0 Å². The molecule has 2 N–H and O–H groups in total. The SMILES string of the molecule is CNC(=O)Cn1ccc2ccc(N3CCC(=O)NC3=O)cc21. The summed E-state index contributed by atoms with van der Waals surface area (Å²) in [6, 6.07) is 7.09. The Bertz CT molecular complexity index is 765. The molecule has 0 radical (unpaired) electrons. The van der Waals surface area contributed by atoms with Crippen molar-refractivity contribution in [1.82, 2.24) is 15.2 Å². The van der Waals surface area contributed by atoms with Crippen LogP contribution in [0.2, 0.25) is 0 Å². The van der Waals surface area contributed by atoms with Crippen LogP contribution in [0.15, 0.2) is 30.5 Å². The van der Waals surface area contributed by atoms with E-state index in [0.717, 1.165) is 10.9 Å². The van der Waals surface area contributed by atoms with E-state index in [1.807, 2.05) is 35.0 Å². The first kappa shape index (κ1) is 14.1. The van der Waals surface area contributed by atoms with Gasteiger partial charge in [-0.25, -0.2) is 4.79 Å². The van der Waals surface area contributed by atoms with Crippen LogP contribution in [0.1, 0.15) is 6.42 Å². The number of urea groups is 1. The number of carbonyl (C=O) groups excluding carboxylic acids is 3. The highest BCUT2D eigenvalue weighted by atomic mass is 16.2. The first-order valence-electron chi connectivity index (χ1n) is 6.99. The molecule has 4 amide bonds.